The molecule has 1 N–H and O–H groups in total. The monoisotopic (exact) mass is 438 g/mol. The quantitative estimate of drug-likeness (QED) is 0.584. The predicted octanol–water partition coefficient (Wildman–Crippen LogP) is 2.20. The Balaban J connectivity index is 1.39. The summed E-state index contributed by atoms with van der Waals surface area (Å²) in [6, 6.07) is 11.6. The maximum Gasteiger partial charge on any atom is 0.261 e. The number of nitrogens with zero attached hydrogens (tertiary/aromatic N) is 5. The van der Waals surface area contributed by atoms with Crippen molar-refractivity contribution in [1.82, 2.24) is 15.0 Å². The first-order chi connectivity index (χ1) is 14.9. The van der Waals surface area contributed by atoms with Crippen LogP contribution in [0.1, 0.15) is 17.3 Å². The second-order valence-electron chi connectivity index (χ2n) is 7.12. The molecule has 1 aliphatic heterocycles. The minimum atomic E-state index is -3.80. The Hall–Kier alpha value is -3.53. The van der Waals surface area contributed by atoms with Gasteiger partial charge in [0.2, 0.25) is 5.95 Å². The molecule has 0 atom stereocenters. The summed E-state index contributed by atoms with van der Waals surface area (Å²) in [5.41, 5.74) is 0.723. The van der Waals surface area contributed by atoms with Gasteiger partial charge < -0.3 is 9.80 Å². The molecule has 0 amide bonds. The van der Waals surface area contributed by atoms with Gasteiger partial charge in [-0.1, -0.05) is 18.2 Å². The topological polar surface area (TPSA) is 108 Å². The number of Topliss-reactive ketones (excluding diaryl/α,β-unsaturated/α-hetero) is 1. The summed E-state index contributed by atoms with van der Waals surface area (Å²) < 4.78 is 27.6. The van der Waals surface area contributed by atoms with Gasteiger partial charge in [0.1, 0.15) is 5.82 Å². The van der Waals surface area contributed by atoms with Crippen molar-refractivity contribution in [3.63, 3.8) is 0 Å². The zero-order valence-electron chi connectivity index (χ0n) is 17.0. The van der Waals surface area contributed by atoms with Crippen molar-refractivity contribution >= 4 is 33.3 Å². The van der Waals surface area contributed by atoms with E-state index in [9.17, 15) is 13.2 Å². The molecule has 1 aliphatic rings. The zero-order chi connectivity index (χ0) is 21.8. The number of hydrogen-bond acceptors (Lipinski definition) is 8. The lowest BCUT2D eigenvalue weighted by atomic mass is 10.2. The number of carbonyl (C=O) groups is 1. The van der Waals surface area contributed by atoms with Crippen molar-refractivity contribution in [3.8, 4) is 0 Å². The number of aromatic nitrogens is 3. The molecule has 1 saturated heterocycles. The average molecular weight is 439 g/mol. The van der Waals surface area contributed by atoms with E-state index in [0.717, 1.165) is 32.0 Å². The van der Waals surface area contributed by atoms with E-state index >= 15 is 0 Å². The molecule has 2 aromatic heterocycles. The summed E-state index contributed by atoms with van der Waals surface area (Å²) in [4.78, 5) is 28.7. The third-order valence-electron chi connectivity index (χ3n) is 5.00. The van der Waals surface area contributed by atoms with Crippen LogP contribution in [0, 0.1) is 0 Å². The molecule has 0 spiro atoms. The Morgan fingerprint density at radius 3 is 2.13 bits per heavy atom. The number of benzene rings is 1. The molecule has 0 unspecified atom stereocenters. The van der Waals surface area contributed by atoms with Crippen molar-refractivity contribution in [3.05, 3.63) is 66.6 Å². The van der Waals surface area contributed by atoms with Crippen LogP contribution >= 0.6 is 0 Å². The highest BCUT2D eigenvalue weighted by Crippen LogP contribution is 2.19. The number of nitrogens with one attached hydrogen (secondary N) is 1. The van der Waals surface area contributed by atoms with E-state index in [1.807, 2.05) is 18.2 Å². The molecule has 4 rings (SSSR count). The third kappa shape index (κ3) is 4.80. The molecule has 0 radical (unpaired) electrons. The Bertz CT molecular complexity index is 1140. The summed E-state index contributed by atoms with van der Waals surface area (Å²) in [6.07, 6.45) is 4.69. The van der Waals surface area contributed by atoms with Crippen molar-refractivity contribution in [1.29, 1.82) is 0 Å². The van der Waals surface area contributed by atoms with Crippen molar-refractivity contribution in [2.45, 2.75) is 11.8 Å². The first-order valence-corrected chi connectivity index (χ1v) is 11.3. The molecule has 31 heavy (non-hydrogen) atoms. The summed E-state index contributed by atoms with van der Waals surface area (Å²) in [6.45, 7) is 4.50. The number of pyridine rings is 1. The first kappa shape index (κ1) is 20.7. The van der Waals surface area contributed by atoms with E-state index in [0.29, 0.717) is 11.5 Å². The van der Waals surface area contributed by atoms with Crippen molar-refractivity contribution in [2.24, 2.45) is 0 Å². The Morgan fingerprint density at radius 1 is 0.903 bits per heavy atom. The average Bonchev–Trinajstić information content (AvgIpc) is 2.80. The minimum absolute atomic E-state index is 0.0622. The Kier molecular flexibility index (Phi) is 5.81. The summed E-state index contributed by atoms with van der Waals surface area (Å²) in [5.74, 6) is 1.38. The highest BCUT2D eigenvalue weighted by Gasteiger charge is 2.20. The van der Waals surface area contributed by atoms with Crippen LogP contribution in [-0.4, -0.2) is 55.3 Å². The molecule has 0 bridgehead atoms. The predicted molar refractivity (Wildman–Crippen MR) is 118 cm³/mol. The van der Waals surface area contributed by atoms with Crippen LogP contribution in [-0.2, 0) is 10.0 Å². The van der Waals surface area contributed by atoms with Gasteiger partial charge in [-0.3, -0.25) is 9.52 Å². The molecule has 160 valence electrons. The second-order valence-corrected chi connectivity index (χ2v) is 8.80. The molecule has 0 aliphatic carbocycles. The number of piperazine rings is 1. The van der Waals surface area contributed by atoms with Gasteiger partial charge in [0, 0.05) is 37.9 Å². The van der Waals surface area contributed by atoms with E-state index in [1.54, 1.807) is 6.20 Å². The van der Waals surface area contributed by atoms with Crippen molar-refractivity contribution in [2.75, 3.05) is 40.7 Å². The highest BCUT2D eigenvalue weighted by atomic mass is 32.2. The standard InChI is InChI=1S/C21H22N6O3S/c1-16(28)17-5-7-19(8-6-17)31(29,30)25-18-14-23-21(24-15-18)27-12-10-26(11-13-27)20-4-2-3-9-22-20/h2-9,14-15,25H,10-13H2,1H3. The van der Waals surface area contributed by atoms with E-state index in [1.165, 1.54) is 43.6 Å². The fourth-order valence-electron chi connectivity index (χ4n) is 3.30. The van der Waals surface area contributed by atoms with Crippen molar-refractivity contribution < 1.29 is 13.2 Å². The van der Waals surface area contributed by atoms with Gasteiger partial charge >= 0.3 is 0 Å². The van der Waals surface area contributed by atoms with Crippen LogP contribution in [0.15, 0.2) is 66.0 Å². The summed E-state index contributed by atoms with van der Waals surface area (Å²) in [7, 11) is -3.80. The third-order valence-corrected chi connectivity index (χ3v) is 6.39. The molecule has 10 heteroatoms. The molecule has 1 fully saturated rings. The number of rotatable bonds is 6. The number of carbonyl (C=O) groups excluding carboxylic acids is 1. The summed E-state index contributed by atoms with van der Waals surface area (Å²) in [5, 5.41) is 0. The van der Waals surface area contributed by atoms with Crippen LogP contribution in [0.5, 0.6) is 0 Å². The number of sulfonamides is 1. The van der Waals surface area contributed by atoms with Crippen LogP contribution in [0.4, 0.5) is 17.5 Å². The molecule has 9 nitrogen and oxygen atoms in total. The highest BCUT2D eigenvalue weighted by molar-refractivity contribution is 7.92. The van der Waals surface area contributed by atoms with E-state index in [2.05, 4.69) is 29.5 Å². The first-order valence-electron chi connectivity index (χ1n) is 9.79. The minimum Gasteiger partial charge on any atom is -0.353 e. The molecular formula is C21H22N6O3S. The van der Waals surface area contributed by atoms with Gasteiger partial charge in [-0.05, 0) is 31.2 Å². The molecular weight excluding hydrogens is 416 g/mol. The van der Waals surface area contributed by atoms with Gasteiger partial charge in [0.05, 0.1) is 23.0 Å². The maximum atomic E-state index is 12.6. The number of hydrogen-bond donors (Lipinski definition) is 1. The van der Waals surface area contributed by atoms with Gasteiger partial charge in [0.25, 0.3) is 10.0 Å². The lowest BCUT2D eigenvalue weighted by Gasteiger charge is -2.35. The molecule has 3 heterocycles. The molecule has 3 aromatic rings. The smallest absolute Gasteiger partial charge is 0.261 e. The maximum absolute atomic E-state index is 12.6. The van der Waals surface area contributed by atoms with Gasteiger partial charge in [-0.2, -0.15) is 0 Å². The Morgan fingerprint density at radius 2 is 1.55 bits per heavy atom. The lowest BCUT2D eigenvalue weighted by Crippen LogP contribution is -2.47. The van der Waals surface area contributed by atoms with Crippen LogP contribution in [0.2, 0.25) is 0 Å². The van der Waals surface area contributed by atoms with Gasteiger partial charge in [-0.25, -0.2) is 23.4 Å². The van der Waals surface area contributed by atoms with Crippen LogP contribution in [0.25, 0.3) is 0 Å². The SMILES string of the molecule is CC(=O)c1ccc(S(=O)(=O)Nc2cnc(N3CCN(c4ccccn4)CC3)nc2)cc1. The van der Waals surface area contributed by atoms with Gasteiger partial charge in [0.15, 0.2) is 5.78 Å². The fraction of sp³-hybridized carbons (Fsp3) is 0.238. The lowest BCUT2D eigenvalue weighted by molar-refractivity contribution is 0.101. The normalized spacial score (nSPS) is 14.4. The molecule has 0 saturated carbocycles. The van der Waals surface area contributed by atoms with E-state index in [4.69, 9.17) is 0 Å². The fourth-order valence-corrected chi connectivity index (χ4v) is 4.32. The number of ketones is 1. The largest absolute Gasteiger partial charge is 0.353 e. The Labute approximate surface area is 180 Å². The van der Waals surface area contributed by atoms with Crippen LogP contribution in [0.3, 0.4) is 0 Å². The number of anilines is 3. The zero-order valence-corrected chi connectivity index (χ0v) is 17.8. The second kappa shape index (κ2) is 8.68. The van der Waals surface area contributed by atoms with E-state index < -0.39 is 10.0 Å². The molecule has 1 aromatic carbocycles. The summed E-state index contributed by atoms with van der Waals surface area (Å²) >= 11 is 0. The van der Waals surface area contributed by atoms with Crippen LogP contribution < -0.4 is 14.5 Å². The van der Waals surface area contributed by atoms with E-state index in [-0.39, 0.29) is 16.4 Å². The van der Waals surface area contributed by atoms with Gasteiger partial charge in [-0.15, -0.1) is 0 Å².